The van der Waals surface area contributed by atoms with Crippen LogP contribution in [0.25, 0.3) is 5.76 Å². The Kier molecular flexibility index (Phi) is 8.52. The van der Waals surface area contributed by atoms with Crippen molar-refractivity contribution in [3.63, 3.8) is 0 Å². The van der Waals surface area contributed by atoms with Gasteiger partial charge in [0, 0.05) is 43.1 Å². The summed E-state index contributed by atoms with van der Waals surface area (Å²) in [5.41, 5.74) is 12.4. The van der Waals surface area contributed by atoms with Crippen molar-refractivity contribution in [2.45, 2.75) is 43.4 Å². The van der Waals surface area contributed by atoms with Gasteiger partial charge in [0.2, 0.25) is 0 Å². The van der Waals surface area contributed by atoms with E-state index in [4.69, 9.17) is 17.2 Å². The molecule has 16 nitrogen and oxygen atoms in total. The van der Waals surface area contributed by atoms with Crippen LogP contribution in [0, 0.1) is 16.7 Å². The molecule has 0 aromatic heterocycles. The van der Waals surface area contributed by atoms with Crippen molar-refractivity contribution in [3.8, 4) is 11.8 Å². The highest BCUT2D eigenvalue weighted by Crippen LogP contribution is 2.59. The van der Waals surface area contributed by atoms with Gasteiger partial charge in [-0.2, -0.15) is 5.26 Å². The minimum atomic E-state index is -2.79. The first-order valence-electron chi connectivity index (χ1n) is 15.4. The van der Waals surface area contributed by atoms with Gasteiger partial charge < -0.3 is 48.1 Å². The summed E-state index contributed by atoms with van der Waals surface area (Å²) in [6, 6.07) is 7.35. The molecular weight excluding hydrogens is 648 g/mol. The average Bonchev–Trinajstić information content (AvgIpc) is 2.99. The first kappa shape index (κ1) is 35.5. The fraction of sp³-hybridized carbons (Fsp3) is 0.353. The van der Waals surface area contributed by atoms with Gasteiger partial charge in [0.25, 0.3) is 5.91 Å². The number of hydrogen-bond donors (Lipinski definition) is 8. The van der Waals surface area contributed by atoms with E-state index in [1.807, 2.05) is 0 Å². The average molecular weight is 687 g/mol. The van der Waals surface area contributed by atoms with Crippen LogP contribution in [0.1, 0.15) is 40.4 Å². The molecule has 262 valence electrons. The fourth-order valence-electron chi connectivity index (χ4n) is 7.61. The maximum absolute atomic E-state index is 14.6. The molecule has 2 aromatic carbocycles. The maximum atomic E-state index is 14.6. The molecule has 0 unspecified atom stereocenters. The number of aliphatic hydroxyl groups excluding tert-OH is 2. The van der Waals surface area contributed by atoms with Crippen molar-refractivity contribution in [1.82, 2.24) is 10.2 Å². The number of aromatic hydroxyl groups is 1. The summed E-state index contributed by atoms with van der Waals surface area (Å²) in [6.07, 6.45) is -0.728. The first-order valence-corrected chi connectivity index (χ1v) is 15.4. The monoisotopic (exact) mass is 686 g/mol. The summed E-state index contributed by atoms with van der Waals surface area (Å²) < 4.78 is 0. The van der Waals surface area contributed by atoms with Crippen LogP contribution in [0.4, 0.5) is 16.2 Å². The number of rotatable bonds is 7. The Labute approximate surface area is 286 Å². The number of primary amides is 1. The van der Waals surface area contributed by atoms with E-state index in [0.29, 0.717) is 22.5 Å². The van der Waals surface area contributed by atoms with Gasteiger partial charge in [0.1, 0.15) is 22.8 Å². The molecule has 5 rings (SSSR count). The zero-order valence-corrected chi connectivity index (χ0v) is 28.0. The van der Waals surface area contributed by atoms with Crippen LogP contribution in [-0.2, 0) is 27.3 Å². The third-order valence-electron chi connectivity index (χ3n) is 9.78. The van der Waals surface area contributed by atoms with E-state index in [2.05, 4.69) is 10.6 Å². The van der Waals surface area contributed by atoms with Crippen molar-refractivity contribution < 1.29 is 39.3 Å². The summed E-state index contributed by atoms with van der Waals surface area (Å²) >= 11 is 0. The van der Waals surface area contributed by atoms with Crippen molar-refractivity contribution in [3.05, 3.63) is 69.5 Å². The summed E-state index contributed by atoms with van der Waals surface area (Å²) in [5, 5.41) is 50.7. The Hall–Kier alpha value is -5.76. The molecule has 3 amide bonds. The molecule has 2 aromatic rings. The molecule has 0 spiro atoms. The predicted octanol–water partition coefficient (Wildman–Crippen LogP) is 0.496. The number of Topliss-reactive ketones (excluding diaryl/α,β-unsaturated/α-hetero) is 3. The van der Waals surface area contributed by atoms with Crippen LogP contribution in [0.2, 0.25) is 0 Å². The van der Waals surface area contributed by atoms with E-state index in [-0.39, 0.29) is 29.9 Å². The number of phenolic OH excluding ortho intramolecular Hbond substituents is 1. The molecule has 3 aliphatic carbocycles. The molecule has 4 atom stereocenters. The second kappa shape index (κ2) is 12.0. The molecule has 16 heteroatoms. The molecule has 0 aliphatic heterocycles. The Bertz CT molecular complexity index is 2000. The van der Waals surface area contributed by atoms with E-state index in [9.17, 15) is 44.6 Å². The number of urea groups is 1. The molecule has 1 saturated carbocycles. The number of carbonyl (C=O) groups excluding carboxylic acids is 5. The minimum absolute atomic E-state index is 0.132. The van der Waals surface area contributed by atoms with Crippen LogP contribution in [0.5, 0.6) is 5.75 Å². The van der Waals surface area contributed by atoms with Gasteiger partial charge in [-0.15, -0.1) is 0 Å². The number of nitrogens with zero attached hydrogens (tertiary/aromatic N) is 3. The highest BCUT2D eigenvalue weighted by molar-refractivity contribution is 6.25. The SMILES string of the molecule is CC(=O)c1ccc(NC(=O)NCc2cc(N(C)C)c3c(c2O)C(O)=C2C(=O)[C@]4(C#N)C(O)=C(C(N)=O)C(=O)[C@@H](N(C)C)[C@]4(N)C[C@]2(N)C3)cc1. The number of nitriles is 1. The number of nitrogens with one attached hydrogen (secondary N) is 2. The Morgan fingerprint density at radius 1 is 1.06 bits per heavy atom. The molecular formula is C34H38N8O8. The molecule has 0 saturated heterocycles. The van der Waals surface area contributed by atoms with Gasteiger partial charge in [-0.1, -0.05) is 0 Å². The zero-order valence-electron chi connectivity index (χ0n) is 28.0. The standard InChI is InChI=1S/C34H38N8O8/c1-15(43)16-6-8-18(9-7-16)40-31(50)39-12-17-10-20(41(2)3)19-11-32(37)13-34(38)27(42(4)5)26(46)22(30(36)49)28(47)33(34,14-35)29(48)23(32)25(45)21(19)24(17)44/h6-10,27,44-45,47H,11-13,37-38H2,1-5H3,(H2,36,49)(H2,39,40,50)/t27-,32-,33+,34-/m1/s1. The van der Waals surface area contributed by atoms with E-state index < -0.39 is 80.9 Å². The van der Waals surface area contributed by atoms with E-state index >= 15 is 0 Å². The smallest absolute Gasteiger partial charge is 0.319 e. The lowest BCUT2D eigenvalue weighted by Crippen LogP contribution is -2.80. The predicted molar refractivity (Wildman–Crippen MR) is 181 cm³/mol. The minimum Gasteiger partial charge on any atom is -0.509 e. The van der Waals surface area contributed by atoms with Gasteiger partial charge in [0.05, 0.1) is 34.3 Å². The van der Waals surface area contributed by atoms with Crippen LogP contribution in [0.3, 0.4) is 0 Å². The van der Waals surface area contributed by atoms with E-state index in [1.165, 1.54) is 25.9 Å². The second-order valence-corrected chi connectivity index (χ2v) is 13.4. The van der Waals surface area contributed by atoms with Crippen LogP contribution in [-0.4, -0.2) is 94.8 Å². The summed E-state index contributed by atoms with van der Waals surface area (Å²) in [5.74, 6) is -6.34. The van der Waals surface area contributed by atoms with Crippen LogP contribution < -0.4 is 32.7 Å². The lowest BCUT2D eigenvalue weighted by Gasteiger charge is -2.58. The Morgan fingerprint density at radius 2 is 1.68 bits per heavy atom. The topological polar surface area (TPSA) is 278 Å². The van der Waals surface area contributed by atoms with Gasteiger partial charge in [-0.25, -0.2) is 4.79 Å². The number of aliphatic hydroxyl groups is 2. The molecule has 1 fully saturated rings. The number of nitrogens with two attached hydrogens (primary N) is 3. The number of carbonyl (C=O) groups is 5. The number of likely N-dealkylation sites (N-methyl/N-ethyl adjacent to an activating group) is 1. The quantitative estimate of drug-likeness (QED) is 0.146. The number of phenols is 1. The number of ketones is 3. The van der Waals surface area contributed by atoms with Crippen molar-refractivity contribution >= 4 is 46.4 Å². The van der Waals surface area contributed by atoms with Gasteiger partial charge in [-0.3, -0.25) is 24.1 Å². The lowest BCUT2D eigenvalue weighted by atomic mass is 9.47. The summed E-state index contributed by atoms with van der Waals surface area (Å²) in [6.45, 7) is 1.16. The van der Waals surface area contributed by atoms with Gasteiger partial charge in [-0.05, 0) is 69.8 Å². The van der Waals surface area contributed by atoms with Gasteiger partial charge in [0.15, 0.2) is 22.8 Å². The van der Waals surface area contributed by atoms with Crippen molar-refractivity contribution in [2.75, 3.05) is 38.4 Å². The third-order valence-corrected chi connectivity index (χ3v) is 9.78. The second-order valence-electron chi connectivity index (χ2n) is 13.4. The fourth-order valence-corrected chi connectivity index (χ4v) is 7.61. The van der Waals surface area contributed by atoms with Crippen LogP contribution >= 0.6 is 0 Å². The zero-order chi connectivity index (χ0) is 37.2. The van der Waals surface area contributed by atoms with Crippen LogP contribution in [0.15, 0.2) is 47.2 Å². The Morgan fingerprint density at radius 3 is 2.20 bits per heavy atom. The molecule has 0 radical (unpaired) electrons. The molecule has 0 bridgehead atoms. The summed E-state index contributed by atoms with van der Waals surface area (Å²) in [7, 11) is 6.26. The number of benzene rings is 2. The third kappa shape index (κ3) is 4.97. The first-order chi connectivity index (χ1) is 23.3. The van der Waals surface area contributed by atoms with Crippen molar-refractivity contribution in [2.24, 2.45) is 22.6 Å². The molecule has 3 aliphatic rings. The number of amides is 3. The van der Waals surface area contributed by atoms with Gasteiger partial charge >= 0.3 is 6.03 Å². The lowest BCUT2D eigenvalue weighted by molar-refractivity contribution is -0.139. The van der Waals surface area contributed by atoms with E-state index in [1.54, 1.807) is 55.4 Å². The largest absolute Gasteiger partial charge is 0.509 e. The molecule has 0 heterocycles. The summed E-state index contributed by atoms with van der Waals surface area (Å²) in [4.78, 5) is 68.0. The number of anilines is 2. The van der Waals surface area contributed by atoms with Crippen molar-refractivity contribution in [1.29, 1.82) is 5.26 Å². The highest BCUT2D eigenvalue weighted by Gasteiger charge is 2.74. The maximum Gasteiger partial charge on any atom is 0.319 e. The molecule has 11 N–H and O–H groups in total. The highest BCUT2D eigenvalue weighted by atomic mass is 16.3. The normalized spacial score (nSPS) is 25.7. The molecule has 50 heavy (non-hydrogen) atoms. The number of hydrogen-bond acceptors (Lipinski definition) is 13. The number of fused-ring (bicyclic) bond motifs is 3. The van der Waals surface area contributed by atoms with E-state index in [0.717, 1.165) is 0 Å². The Balaban J connectivity index is 1.63.